The molecule has 2 aromatic rings. The summed E-state index contributed by atoms with van der Waals surface area (Å²) < 4.78 is 1.78. The Labute approximate surface area is 93.4 Å². The number of carbonyl (C=O) groups excluding carboxylic acids is 1. The molecular weight excluding hydrogens is 204 g/mol. The van der Waals surface area contributed by atoms with Crippen LogP contribution in [-0.4, -0.2) is 27.8 Å². The molecule has 5 nitrogen and oxygen atoms in total. The second-order valence-electron chi connectivity index (χ2n) is 3.60. The zero-order valence-electron chi connectivity index (χ0n) is 9.61. The Kier molecular flexibility index (Phi) is 2.60. The number of carbonyl (C=O) groups is 1. The van der Waals surface area contributed by atoms with Gasteiger partial charge in [-0.15, -0.1) is 5.10 Å². The quantitative estimate of drug-likeness (QED) is 0.796. The molecule has 0 spiro atoms. The molecule has 16 heavy (non-hydrogen) atoms. The minimum atomic E-state index is 0.0438. The SMILES string of the molecule is CCn1nnc2c(NC)cc(C(C)=O)cc21. The highest BCUT2D eigenvalue weighted by Crippen LogP contribution is 2.23. The average Bonchev–Trinajstić information content (AvgIpc) is 2.70. The number of fused-ring (bicyclic) bond motifs is 1. The Morgan fingerprint density at radius 1 is 1.50 bits per heavy atom. The van der Waals surface area contributed by atoms with E-state index in [2.05, 4.69) is 15.6 Å². The number of aryl methyl sites for hydroxylation is 1. The van der Waals surface area contributed by atoms with E-state index >= 15 is 0 Å². The second-order valence-corrected chi connectivity index (χ2v) is 3.60. The fourth-order valence-electron chi connectivity index (χ4n) is 1.70. The summed E-state index contributed by atoms with van der Waals surface area (Å²) in [6.07, 6.45) is 0. The van der Waals surface area contributed by atoms with Crippen LogP contribution in [0.5, 0.6) is 0 Å². The third kappa shape index (κ3) is 1.54. The van der Waals surface area contributed by atoms with Crippen molar-refractivity contribution in [3.05, 3.63) is 17.7 Å². The first kappa shape index (κ1) is 10.6. The van der Waals surface area contributed by atoms with Gasteiger partial charge in [0.15, 0.2) is 5.78 Å². The van der Waals surface area contributed by atoms with Gasteiger partial charge in [0.25, 0.3) is 0 Å². The lowest BCUT2D eigenvalue weighted by molar-refractivity contribution is 0.101. The van der Waals surface area contributed by atoms with Crippen LogP contribution in [0.15, 0.2) is 12.1 Å². The third-order valence-electron chi connectivity index (χ3n) is 2.60. The third-order valence-corrected chi connectivity index (χ3v) is 2.60. The molecule has 0 radical (unpaired) electrons. The average molecular weight is 218 g/mol. The van der Waals surface area contributed by atoms with E-state index in [1.54, 1.807) is 17.7 Å². The van der Waals surface area contributed by atoms with Gasteiger partial charge in [0.1, 0.15) is 5.52 Å². The van der Waals surface area contributed by atoms with Crippen LogP contribution in [0, 0.1) is 0 Å². The Morgan fingerprint density at radius 3 is 2.81 bits per heavy atom. The van der Waals surface area contributed by atoms with Crippen molar-refractivity contribution >= 4 is 22.5 Å². The van der Waals surface area contributed by atoms with Gasteiger partial charge >= 0.3 is 0 Å². The molecule has 0 saturated heterocycles. The number of ketones is 1. The van der Waals surface area contributed by atoms with E-state index in [0.29, 0.717) is 5.56 Å². The van der Waals surface area contributed by atoms with Gasteiger partial charge in [-0.05, 0) is 26.0 Å². The normalized spacial score (nSPS) is 10.7. The summed E-state index contributed by atoms with van der Waals surface area (Å²) in [4.78, 5) is 11.4. The molecule has 0 atom stereocenters. The number of hydrogen-bond acceptors (Lipinski definition) is 4. The smallest absolute Gasteiger partial charge is 0.159 e. The fraction of sp³-hybridized carbons (Fsp3) is 0.364. The molecule has 1 N–H and O–H groups in total. The van der Waals surface area contributed by atoms with Gasteiger partial charge in [-0.2, -0.15) is 0 Å². The van der Waals surface area contributed by atoms with E-state index in [4.69, 9.17) is 0 Å². The van der Waals surface area contributed by atoms with Crippen molar-refractivity contribution in [3.63, 3.8) is 0 Å². The Bertz CT molecular complexity index is 544. The molecule has 1 aromatic heterocycles. The highest BCUT2D eigenvalue weighted by atomic mass is 16.1. The summed E-state index contributed by atoms with van der Waals surface area (Å²) in [7, 11) is 1.81. The van der Waals surface area contributed by atoms with Gasteiger partial charge in [0, 0.05) is 19.2 Å². The van der Waals surface area contributed by atoms with Crippen molar-refractivity contribution in [1.82, 2.24) is 15.0 Å². The van der Waals surface area contributed by atoms with E-state index in [9.17, 15) is 4.79 Å². The molecule has 84 valence electrons. The summed E-state index contributed by atoms with van der Waals surface area (Å²) >= 11 is 0. The number of rotatable bonds is 3. The number of hydrogen-bond donors (Lipinski definition) is 1. The summed E-state index contributed by atoms with van der Waals surface area (Å²) in [5.41, 5.74) is 3.20. The van der Waals surface area contributed by atoms with Crippen molar-refractivity contribution in [1.29, 1.82) is 0 Å². The van der Waals surface area contributed by atoms with Crippen LogP contribution >= 0.6 is 0 Å². The molecule has 0 aliphatic rings. The lowest BCUT2D eigenvalue weighted by Gasteiger charge is -2.04. The van der Waals surface area contributed by atoms with Crippen molar-refractivity contribution in [2.75, 3.05) is 12.4 Å². The van der Waals surface area contributed by atoms with Crippen LogP contribution in [0.1, 0.15) is 24.2 Å². The van der Waals surface area contributed by atoms with Crippen molar-refractivity contribution < 1.29 is 4.79 Å². The molecule has 0 saturated carbocycles. The highest BCUT2D eigenvalue weighted by Gasteiger charge is 2.11. The second kappa shape index (κ2) is 3.92. The predicted octanol–water partition coefficient (Wildman–Crippen LogP) is 1.70. The molecule has 0 fully saturated rings. The Morgan fingerprint density at radius 2 is 2.25 bits per heavy atom. The van der Waals surface area contributed by atoms with Gasteiger partial charge in [0.2, 0.25) is 0 Å². The van der Waals surface area contributed by atoms with Crippen molar-refractivity contribution in [2.24, 2.45) is 0 Å². The van der Waals surface area contributed by atoms with E-state index in [1.165, 1.54) is 0 Å². The van der Waals surface area contributed by atoms with Gasteiger partial charge < -0.3 is 5.32 Å². The van der Waals surface area contributed by atoms with Gasteiger partial charge in [-0.25, -0.2) is 4.68 Å². The first-order valence-electron chi connectivity index (χ1n) is 5.23. The molecule has 1 heterocycles. The molecule has 0 aliphatic heterocycles. The first-order valence-corrected chi connectivity index (χ1v) is 5.23. The van der Waals surface area contributed by atoms with Gasteiger partial charge in [0.05, 0.1) is 11.2 Å². The number of nitrogens with one attached hydrogen (secondary N) is 1. The standard InChI is InChI=1S/C11H14N4O/c1-4-15-10-6-8(7(2)16)5-9(12-3)11(10)13-14-15/h5-6,12H,4H2,1-3H3. The minimum absolute atomic E-state index is 0.0438. The number of Topliss-reactive ketones (excluding diaryl/α,β-unsaturated/α-hetero) is 1. The monoisotopic (exact) mass is 218 g/mol. The molecule has 0 aliphatic carbocycles. The Balaban J connectivity index is 2.76. The maximum Gasteiger partial charge on any atom is 0.159 e. The van der Waals surface area contributed by atoms with Crippen LogP contribution < -0.4 is 5.32 Å². The molecule has 0 bridgehead atoms. The van der Waals surface area contributed by atoms with Crippen molar-refractivity contribution in [3.8, 4) is 0 Å². The molecular formula is C11H14N4O. The maximum absolute atomic E-state index is 11.4. The zero-order valence-corrected chi connectivity index (χ0v) is 9.61. The van der Waals surface area contributed by atoms with Crippen LogP contribution in [0.25, 0.3) is 11.0 Å². The summed E-state index contributed by atoms with van der Waals surface area (Å²) in [5, 5.41) is 11.2. The van der Waals surface area contributed by atoms with Crippen LogP contribution in [0.2, 0.25) is 0 Å². The molecule has 0 amide bonds. The topological polar surface area (TPSA) is 59.8 Å². The van der Waals surface area contributed by atoms with Crippen molar-refractivity contribution in [2.45, 2.75) is 20.4 Å². The zero-order chi connectivity index (χ0) is 11.7. The molecule has 2 rings (SSSR count). The predicted molar refractivity (Wildman–Crippen MR) is 62.8 cm³/mol. The molecule has 5 heteroatoms. The van der Waals surface area contributed by atoms with E-state index in [0.717, 1.165) is 23.3 Å². The largest absolute Gasteiger partial charge is 0.386 e. The number of nitrogens with zero attached hydrogens (tertiary/aromatic N) is 3. The van der Waals surface area contributed by atoms with Gasteiger partial charge in [-0.3, -0.25) is 4.79 Å². The summed E-state index contributed by atoms with van der Waals surface area (Å²) in [5.74, 6) is 0.0438. The Hall–Kier alpha value is -1.91. The number of aromatic nitrogens is 3. The van der Waals surface area contributed by atoms with Crippen LogP contribution in [-0.2, 0) is 6.54 Å². The highest BCUT2D eigenvalue weighted by molar-refractivity contribution is 6.01. The van der Waals surface area contributed by atoms with E-state index in [1.807, 2.05) is 20.0 Å². The van der Waals surface area contributed by atoms with Crippen LogP contribution in [0.3, 0.4) is 0 Å². The lowest BCUT2D eigenvalue weighted by atomic mass is 10.1. The summed E-state index contributed by atoms with van der Waals surface area (Å²) in [6.45, 7) is 4.29. The fourth-order valence-corrected chi connectivity index (χ4v) is 1.70. The van der Waals surface area contributed by atoms with Gasteiger partial charge in [-0.1, -0.05) is 5.21 Å². The molecule has 1 aromatic carbocycles. The number of benzene rings is 1. The maximum atomic E-state index is 11.4. The summed E-state index contributed by atoms with van der Waals surface area (Å²) in [6, 6.07) is 3.64. The lowest BCUT2D eigenvalue weighted by Crippen LogP contribution is -1.99. The van der Waals surface area contributed by atoms with E-state index in [-0.39, 0.29) is 5.78 Å². The number of anilines is 1. The minimum Gasteiger partial charge on any atom is -0.386 e. The molecule has 0 unspecified atom stereocenters. The first-order chi connectivity index (χ1) is 7.67. The van der Waals surface area contributed by atoms with E-state index < -0.39 is 0 Å². The van der Waals surface area contributed by atoms with Crippen LogP contribution in [0.4, 0.5) is 5.69 Å².